The van der Waals surface area contributed by atoms with Gasteiger partial charge in [-0.15, -0.1) is 0 Å². The van der Waals surface area contributed by atoms with Gasteiger partial charge in [-0.2, -0.15) is 15.0 Å². The van der Waals surface area contributed by atoms with E-state index in [9.17, 15) is 10.1 Å². The van der Waals surface area contributed by atoms with Crippen LogP contribution in [0.1, 0.15) is 16.7 Å². The van der Waals surface area contributed by atoms with Gasteiger partial charge in [0.2, 0.25) is 5.82 Å². The molecule has 10 heteroatoms. The number of ether oxygens (including phenoxy) is 2. The second-order valence-corrected chi connectivity index (χ2v) is 10.9. The lowest BCUT2D eigenvalue weighted by molar-refractivity contribution is 0.302. The molecule has 0 aliphatic heterocycles. The molecule has 0 saturated carbocycles. The van der Waals surface area contributed by atoms with E-state index < -0.39 is 0 Å². The minimum Gasteiger partial charge on any atom is -0.496 e. The van der Waals surface area contributed by atoms with Crippen LogP contribution in [0.5, 0.6) is 11.5 Å². The van der Waals surface area contributed by atoms with Crippen molar-refractivity contribution in [1.29, 1.82) is 5.26 Å². The standard InChI is InChI=1S/C32H20Br2N4O4/c1-40-27-11-6-12-28-23(27)15-29(42-28)31-37-26-10-5-4-9-22(26)32(39)38(31)36-17-19-13-24(33)30(25(34)14-19)41-18-21-8-3-2-7-20(21)16-35/h2-15,17H,18H2,1H3. The summed E-state index contributed by atoms with van der Waals surface area (Å²) in [5.74, 6) is 1.84. The molecule has 0 aliphatic carbocycles. The maximum Gasteiger partial charge on any atom is 0.282 e. The maximum atomic E-state index is 13.6. The van der Waals surface area contributed by atoms with Crippen molar-refractivity contribution in [2.24, 2.45) is 5.10 Å². The molecule has 2 aromatic heterocycles. The van der Waals surface area contributed by atoms with Crippen molar-refractivity contribution in [3.05, 3.63) is 121 Å². The highest BCUT2D eigenvalue weighted by Crippen LogP contribution is 2.36. The number of halogens is 2. The summed E-state index contributed by atoms with van der Waals surface area (Å²) in [5, 5.41) is 15.1. The van der Waals surface area contributed by atoms with E-state index in [4.69, 9.17) is 18.9 Å². The molecule has 0 atom stereocenters. The Kier molecular flexibility index (Phi) is 7.61. The van der Waals surface area contributed by atoms with Crippen LogP contribution in [0, 0.1) is 11.3 Å². The van der Waals surface area contributed by atoms with E-state index in [0.29, 0.717) is 53.8 Å². The van der Waals surface area contributed by atoms with E-state index in [0.717, 1.165) is 10.9 Å². The fourth-order valence-electron chi connectivity index (χ4n) is 4.53. The number of benzene rings is 4. The Labute approximate surface area is 256 Å². The quantitative estimate of drug-likeness (QED) is 0.160. The molecule has 42 heavy (non-hydrogen) atoms. The lowest BCUT2D eigenvalue weighted by Gasteiger charge is -2.12. The summed E-state index contributed by atoms with van der Waals surface area (Å²) < 4.78 is 20.2. The van der Waals surface area contributed by atoms with Gasteiger partial charge in [0.1, 0.15) is 23.7 Å². The Bertz CT molecular complexity index is 2090. The first-order valence-electron chi connectivity index (χ1n) is 12.7. The number of aromatic nitrogens is 2. The van der Waals surface area contributed by atoms with Crippen LogP contribution in [0.25, 0.3) is 33.5 Å². The normalized spacial score (nSPS) is 11.3. The largest absolute Gasteiger partial charge is 0.496 e. The molecule has 6 aromatic rings. The third kappa shape index (κ3) is 5.20. The molecule has 0 saturated heterocycles. The highest BCUT2D eigenvalue weighted by molar-refractivity contribution is 9.11. The van der Waals surface area contributed by atoms with Crippen LogP contribution in [0.3, 0.4) is 0 Å². The van der Waals surface area contributed by atoms with E-state index in [1.165, 1.54) is 4.68 Å². The summed E-state index contributed by atoms with van der Waals surface area (Å²) in [6.07, 6.45) is 1.56. The van der Waals surface area contributed by atoms with E-state index in [1.807, 2.05) is 54.6 Å². The first kappa shape index (κ1) is 27.4. The van der Waals surface area contributed by atoms with Crippen LogP contribution in [0.15, 0.2) is 108 Å². The average molecular weight is 684 g/mol. The lowest BCUT2D eigenvalue weighted by Crippen LogP contribution is -2.20. The van der Waals surface area contributed by atoms with Gasteiger partial charge < -0.3 is 13.9 Å². The van der Waals surface area contributed by atoms with Crippen LogP contribution < -0.4 is 15.0 Å². The fraction of sp³-hybridized carbons (Fsp3) is 0.0625. The molecule has 0 amide bonds. The molecule has 0 fully saturated rings. The maximum absolute atomic E-state index is 13.6. The molecule has 2 heterocycles. The van der Waals surface area contributed by atoms with Crippen LogP contribution in [-0.4, -0.2) is 23.0 Å². The second-order valence-electron chi connectivity index (χ2n) is 9.17. The van der Waals surface area contributed by atoms with Gasteiger partial charge in [0, 0.05) is 5.56 Å². The van der Waals surface area contributed by atoms with E-state index in [1.54, 1.807) is 43.7 Å². The zero-order valence-electron chi connectivity index (χ0n) is 22.0. The minimum atomic E-state index is -0.339. The number of hydrogen-bond acceptors (Lipinski definition) is 7. The summed E-state index contributed by atoms with van der Waals surface area (Å²) in [7, 11) is 1.59. The van der Waals surface area contributed by atoms with Crippen LogP contribution >= 0.6 is 31.9 Å². The number of nitriles is 1. The van der Waals surface area contributed by atoms with Crippen molar-refractivity contribution >= 4 is 59.9 Å². The van der Waals surface area contributed by atoms with Crippen molar-refractivity contribution in [2.45, 2.75) is 6.61 Å². The van der Waals surface area contributed by atoms with Gasteiger partial charge in [-0.1, -0.05) is 36.4 Å². The second kappa shape index (κ2) is 11.6. The van der Waals surface area contributed by atoms with Gasteiger partial charge in [-0.25, -0.2) is 4.98 Å². The van der Waals surface area contributed by atoms with Crippen molar-refractivity contribution in [3.63, 3.8) is 0 Å². The number of rotatable bonds is 7. The molecule has 4 aromatic carbocycles. The van der Waals surface area contributed by atoms with Gasteiger partial charge in [-0.05, 0) is 86.0 Å². The molecule has 0 unspecified atom stereocenters. The third-order valence-corrected chi connectivity index (χ3v) is 7.75. The van der Waals surface area contributed by atoms with Gasteiger partial charge in [0.25, 0.3) is 5.56 Å². The predicted octanol–water partition coefficient (Wildman–Crippen LogP) is 7.68. The van der Waals surface area contributed by atoms with Crippen LogP contribution in [0.2, 0.25) is 0 Å². The highest BCUT2D eigenvalue weighted by Gasteiger charge is 2.18. The zero-order valence-corrected chi connectivity index (χ0v) is 25.2. The Hall–Kier alpha value is -4.72. The number of methoxy groups -OCH3 is 1. The Morgan fingerprint density at radius 3 is 2.55 bits per heavy atom. The molecule has 6 rings (SSSR count). The van der Waals surface area contributed by atoms with Gasteiger partial charge in [0.05, 0.1) is 50.2 Å². The van der Waals surface area contributed by atoms with Gasteiger partial charge in [0.15, 0.2) is 5.76 Å². The molecule has 0 bridgehead atoms. The Balaban J connectivity index is 1.39. The summed E-state index contributed by atoms with van der Waals surface area (Å²) in [6.45, 7) is 0.220. The molecule has 8 nitrogen and oxygen atoms in total. The summed E-state index contributed by atoms with van der Waals surface area (Å²) in [4.78, 5) is 18.4. The van der Waals surface area contributed by atoms with Crippen molar-refractivity contribution in [2.75, 3.05) is 7.11 Å². The van der Waals surface area contributed by atoms with E-state index >= 15 is 0 Å². The number of para-hydroxylation sites is 1. The molecule has 0 N–H and O–H groups in total. The molecule has 0 aliphatic rings. The molecule has 0 radical (unpaired) electrons. The molecular formula is C32H20Br2N4O4. The SMILES string of the molecule is COc1cccc2oc(-c3nc4ccccc4c(=O)n3N=Cc3cc(Br)c(OCc4ccccc4C#N)c(Br)c3)cc12. The van der Waals surface area contributed by atoms with Crippen LogP contribution in [-0.2, 0) is 6.61 Å². The number of furan rings is 1. The predicted molar refractivity (Wildman–Crippen MR) is 168 cm³/mol. The summed E-state index contributed by atoms with van der Waals surface area (Å²) >= 11 is 7.15. The van der Waals surface area contributed by atoms with Crippen LogP contribution in [0.4, 0.5) is 0 Å². The van der Waals surface area contributed by atoms with Crippen molar-refractivity contribution in [3.8, 4) is 29.2 Å². The first-order valence-corrected chi connectivity index (χ1v) is 14.3. The third-order valence-electron chi connectivity index (χ3n) is 6.57. The first-order chi connectivity index (χ1) is 20.5. The fourth-order valence-corrected chi connectivity index (χ4v) is 5.98. The minimum absolute atomic E-state index is 0.220. The monoisotopic (exact) mass is 682 g/mol. The number of fused-ring (bicyclic) bond motifs is 2. The Morgan fingerprint density at radius 1 is 1.00 bits per heavy atom. The number of nitrogens with zero attached hydrogens (tertiary/aromatic N) is 4. The highest BCUT2D eigenvalue weighted by atomic mass is 79.9. The van der Waals surface area contributed by atoms with E-state index in [-0.39, 0.29) is 18.0 Å². The van der Waals surface area contributed by atoms with Crippen molar-refractivity contribution < 1.29 is 13.9 Å². The van der Waals surface area contributed by atoms with Gasteiger partial charge >= 0.3 is 0 Å². The smallest absolute Gasteiger partial charge is 0.282 e. The molecule has 206 valence electrons. The van der Waals surface area contributed by atoms with Crippen molar-refractivity contribution in [1.82, 2.24) is 9.66 Å². The topological polar surface area (TPSA) is 103 Å². The van der Waals surface area contributed by atoms with Gasteiger partial charge in [-0.3, -0.25) is 4.79 Å². The zero-order chi connectivity index (χ0) is 29.2. The molecule has 0 spiro atoms. The Morgan fingerprint density at radius 2 is 1.76 bits per heavy atom. The summed E-state index contributed by atoms with van der Waals surface area (Å²) in [6, 6.07) is 27.5. The number of hydrogen-bond donors (Lipinski definition) is 0. The lowest BCUT2D eigenvalue weighted by atomic mass is 10.1. The van der Waals surface area contributed by atoms with E-state index in [2.05, 4.69) is 43.0 Å². The average Bonchev–Trinajstić information content (AvgIpc) is 3.45. The molecular weight excluding hydrogens is 664 g/mol. The summed E-state index contributed by atoms with van der Waals surface area (Å²) in [5.41, 5.74) is 2.82.